The van der Waals surface area contributed by atoms with Crippen molar-refractivity contribution >= 4 is 28.3 Å². The van der Waals surface area contributed by atoms with Crippen molar-refractivity contribution in [3.05, 3.63) is 69.5 Å². The fourth-order valence-electron chi connectivity index (χ4n) is 4.26. The van der Waals surface area contributed by atoms with Crippen molar-refractivity contribution in [2.45, 2.75) is 53.2 Å². The van der Waals surface area contributed by atoms with Crippen LogP contribution in [-0.2, 0) is 35.5 Å². The highest BCUT2D eigenvalue weighted by molar-refractivity contribution is 7.15. The van der Waals surface area contributed by atoms with Crippen LogP contribution in [-0.4, -0.2) is 20.5 Å². The minimum atomic E-state index is -0.230. The molecule has 1 aliphatic heterocycles. The first-order chi connectivity index (χ1) is 15.0. The molecule has 0 spiro atoms. The van der Waals surface area contributed by atoms with Gasteiger partial charge >= 0.3 is 5.97 Å². The number of esters is 1. The van der Waals surface area contributed by atoms with Crippen molar-refractivity contribution < 1.29 is 9.53 Å². The summed E-state index contributed by atoms with van der Waals surface area (Å²) in [5.41, 5.74) is 7.57. The lowest BCUT2D eigenvalue weighted by molar-refractivity contribution is -0.144. The number of benzene rings is 2. The zero-order chi connectivity index (χ0) is 21.5. The van der Waals surface area contributed by atoms with E-state index in [1.54, 1.807) is 11.3 Å². The normalized spacial score (nSPS) is 13.0. The topological polar surface area (TPSA) is 57.0 Å². The molecule has 0 aliphatic carbocycles. The number of nitrogens with zero attached hydrogens (tertiary/aromatic N) is 3. The first kappa shape index (κ1) is 19.9. The number of carbonyl (C=O) groups excluding carboxylic acids is 1. The van der Waals surface area contributed by atoms with E-state index < -0.39 is 0 Å². The van der Waals surface area contributed by atoms with Crippen molar-refractivity contribution in [2.24, 2.45) is 0 Å². The fraction of sp³-hybridized carbons (Fsp3) is 0.320. The van der Waals surface area contributed by atoms with Gasteiger partial charge in [-0.25, -0.2) is 9.97 Å². The lowest BCUT2D eigenvalue weighted by Gasteiger charge is -2.05. The summed E-state index contributed by atoms with van der Waals surface area (Å²) in [6.07, 6.45) is 2.45. The third-order valence-electron chi connectivity index (χ3n) is 5.88. The van der Waals surface area contributed by atoms with E-state index in [0.717, 1.165) is 51.0 Å². The second-order valence-corrected chi connectivity index (χ2v) is 9.37. The molecule has 0 amide bonds. The number of carbonyl (C=O) groups is 1. The van der Waals surface area contributed by atoms with Crippen LogP contribution in [0.5, 0.6) is 0 Å². The number of fused-ring (bicyclic) bond motifs is 3. The summed E-state index contributed by atoms with van der Waals surface area (Å²) in [5.74, 6) is 0.927. The molecule has 2 aromatic heterocycles. The number of hydrogen-bond donors (Lipinski definition) is 0. The Morgan fingerprint density at radius 1 is 1.13 bits per heavy atom. The van der Waals surface area contributed by atoms with Crippen LogP contribution in [0.25, 0.3) is 21.6 Å². The maximum atomic E-state index is 12.5. The molecule has 158 valence electrons. The van der Waals surface area contributed by atoms with E-state index >= 15 is 0 Å². The van der Waals surface area contributed by atoms with Crippen molar-refractivity contribution in [2.75, 3.05) is 0 Å². The van der Waals surface area contributed by atoms with Gasteiger partial charge in [0.25, 0.3) is 0 Å². The van der Waals surface area contributed by atoms with E-state index in [2.05, 4.69) is 42.7 Å². The first-order valence-electron chi connectivity index (χ1n) is 10.7. The predicted octanol–water partition coefficient (Wildman–Crippen LogP) is 5.32. The van der Waals surface area contributed by atoms with Crippen LogP contribution >= 0.6 is 11.3 Å². The standard InChI is InChI=1S/C25H25N3O2S/c1-15-6-8-19(16(2)11-15)25-26-17(3)22(31-25)13-24(29)30-14-18-7-9-21-20(12-18)27-23-5-4-10-28(21)23/h6-9,11-12H,4-5,10,13-14H2,1-3H3. The van der Waals surface area contributed by atoms with Crippen molar-refractivity contribution in [1.82, 2.24) is 14.5 Å². The van der Waals surface area contributed by atoms with E-state index in [1.165, 1.54) is 23.1 Å². The van der Waals surface area contributed by atoms with Crippen molar-refractivity contribution in [3.63, 3.8) is 0 Å². The molecular weight excluding hydrogens is 406 g/mol. The zero-order valence-corrected chi connectivity index (χ0v) is 18.9. The molecular formula is C25H25N3O2S. The highest BCUT2D eigenvalue weighted by atomic mass is 32.1. The molecule has 0 fully saturated rings. The van der Waals surface area contributed by atoms with E-state index in [-0.39, 0.29) is 19.0 Å². The summed E-state index contributed by atoms with van der Waals surface area (Å²) < 4.78 is 7.86. The maximum absolute atomic E-state index is 12.5. The Bertz CT molecular complexity index is 1300. The van der Waals surface area contributed by atoms with Crippen LogP contribution in [0.2, 0.25) is 0 Å². The number of hydrogen-bond acceptors (Lipinski definition) is 5. The number of imidazole rings is 1. The minimum Gasteiger partial charge on any atom is -0.461 e. The van der Waals surface area contributed by atoms with Crippen LogP contribution in [0, 0.1) is 20.8 Å². The van der Waals surface area contributed by atoms with Gasteiger partial charge in [0.05, 0.1) is 23.1 Å². The van der Waals surface area contributed by atoms with Gasteiger partial charge in [0, 0.05) is 23.4 Å². The highest BCUT2D eigenvalue weighted by Crippen LogP contribution is 2.31. The number of thiazole rings is 1. The Morgan fingerprint density at radius 2 is 2.00 bits per heavy atom. The Morgan fingerprint density at radius 3 is 2.84 bits per heavy atom. The van der Waals surface area contributed by atoms with Gasteiger partial charge < -0.3 is 9.30 Å². The molecule has 2 aromatic carbocycles. The number of aryl methyl sites for hydroxylation is 5. The monoisotopic (exact) mass is 431 g/mol. The zero-order valence-electron chi connectivity index (χ0n) is 18.1. The Hall–Kier alpha value is -2.99. The van der Waals surface area contributed by atoms with Gasteiger partial charge in [-0.3, -0.25) is 4.79 Å². The summed E-state index contributed by atoms with van der Waals surface area (Å²) in [6, 6.07) is 12.5. The molecule has 6 heteroatoms. The van der Waals surface area contributed by atoms with Gasteiger partial charge in [-0.15, -0.1) is 11.3 Å². The van der Waals surface area contributed by atoms with Crippen LogP contribution in [0.3, 0.4) is 0 Å². The number of ether oxygens (including phenoxy) is 1. The molecule has 0 N–H and O–H groups in total. The highest BCUT2D eigenvalue weighted by Gasteiger charge is 2.17. The van der Waals surface area contributed by atoms with Crippen LogP contribution in [0.4, 0.5) is 0 Å². The van der Waals surface area contributed by atoms with Gasteiger partial charge in [-0.1, -0.05) is 29.8 Å². The lowest BCUT2D eigenvalue weighted by Crippen LogP contribution is -2.07. The fourth-order valence-corrected chi connectivity index (χ4v) is 5.40. The SMILES string of the molecule is Cc1ccc(-c2nc(C)c(CC(=O)OCc3ccc4c(c3)nc3n4CCC3)s2)c(C)c1. The molecule has 0 bridgehead atoms. The Balaban J connectivity index is 1.26. The molecule has 5 rings (SSSR count). The summed E-state index contributed by atoms with van der Waals surface area (Å²) in [7, 11) is 0. The predicted molar refractivity (Wildman–Crippen MR) is 123 cm³/mol. The third kappa shape index (κ3) is 3.88. The number of rotatable bonds is 5. The molecule has 0 atom stereocenters. The Labute approximate surface area is 185 Å². The summed E-state index contributed by atoms with van der Waals surface area (Å²) in [5, 5.41) is 0.955. The minimum absolute atomic E-state index is 0.230. The molecule has 4 aromatic rings. The van der Waals surface area contributed by atoms with Gasteiger partial charge in [0.1, 0.15) is 17.4 Å². The second kappa shape index (κ2) is 7.93. The average Bonchev–Trinajstić information content (AvgIpc) is 3.41. The van der Waals surface area contributed by atoms with Gasteiger partial charge in [0.15, 0.2) is 0 Å². The smallest absolute Gasteiger partial charge is 0.311 e. The first-order valence-corrected chi connectivity index (χ1v) is 11.5. The third-order valence-corrected chi connectivity index (χ3v) is 7.07. The summed E-state index contributed by atoms with van der Waals surface area (Å²) >= 11 is 1.57. The second-order valence-electron chi connectivity index (χ2n) is 8.29. The Kier molecular flexibility index (Phi) is 5.10. The van der Waals surface area contributed by atoms with Crippen molar-refractivity contribution in [3.8, 4) is 10.6 Å². The van der Waals surface area contributed by atoms with Crippen LogP contribution < -0.4 is 0 Å². The largest absolute Gasteiger partial charge is 0.461 e. The van der Waals surface area contributed by atoms with Crippen LogP contribution in [0.1, 0.15) is 39.5 Å². The lowest BCUT2D eigenvalue weighted by atomic mass is 10.1. The molecule has 0 saturated heterocycles. The van der Waals surface area contributed by atoms with E-state index in [4.69, 9.17) is 14.7 Å². The number of aromatic nitrogens is 3. The van der Waals surface area contributed by atoms with Gasteiger partial charge in [0.2, 0.25) is 0 Å². The molecule has 0 unspecified atom stereocenters. The molecule has 3 heterocycles. The molecule has 0 saturated carbocycles. The summed E-state index contributed by atoms with van der Waals surface area (Å²) in [4.78, 5) is 22.9. The maximum Gasteiger partial charge on any atom is 0.311 e. The van der Waals surface area contributed by atoms with E-state index in [1.807, 2.05) is 19.1 Å². The van der Waals surface area contributed by atoms with Gasteiger partial charge in [-0.2, -0.15) is 0 Å². The van der Waals surface area contributed by atoms with E-state index in [9.17, 15) is 4.79 Å². The van der Waals surface area contributed by atoms with Crippen molar-refractivity contribution in [1.29, 1.82) is 0 Å². The van der Waals surface area contributed by atoms with Crippen LogP contribution in [0.15, 0.2) is 36.4 Å². The average molecular weight is 432 g/mol. The summed E-state index contributed by atoms with van der Waals surface area (Å²) in [6.45, 7) is 7.44. The molecule has 31 heavy (non-hydrogen) atoms. The molecule has 1 aliphatic rings. The molecule has 0 radical (unpaired) electrons. The van der Waals surface area contributed by atoms with Gasteiger partial charge in [-0.05, 0) is 50.5 Å². The molecule has 5 nitrogen and oxygen atoms in total. The quantitative estimate of drug-likeness (QED) is 0.402. The van der Waals surface area contributed by atoms with E-state index in [0.29, 0.717) is 0 Å².